The second-order valence-corrected chi connectivity index (χ2v) is 7.18. The lowest BCUT2D eigenvalue weighted by molar-refractivity contribution is -0.142. The number of carboxylic acid groups (broad SMARTS) is 1. The van der Waals surface area contributed by atoms with Gasteiger partial charge < -0.3 is 10.0 Å². The highest BCUT2D eigenvalue weighted by Gasteiger charge is 2.48. The van der Waals surface area contributed by atoms with Gasteiger partial charge in [-0.3, -0.25) is 9.59 Å². The van der Waals surface area contributed by atoms with Crippen LogP contribution in [0.1, 0.15) is 24.8 Å². The third-order valence-electron chi connectivity index (χ3n) is 5.57. The Labute approximate surface area is 141 Å². The Morgan fingerprint density at radius 3 is 2.54 bits per heavy atom. The molecule has 1 N–H and O–H groups in total. The van der Waals surface area contributed by atoms with Crippen LogP contribution in [0.25, 0.3) is 10.8 Å². The third kappa shape index (κ3) is 2.46. The largest absolute Gasteiger partial charge is 0.481 e. The summed E-state index contributed by atoms with van der Waals surface area (Å²) < 4.78 is 0. The smallest absolute Gasteiger partial charge is 0.308 e. The van der Waals surface area contributed by atoms with Crippen molar-refractivity contribution >= 4 is 22.6 Å². The number of aliphatic carboxylic acids is 1. The number of hydrogen-bond acceptors (Lipinski definition) is 2. The molecule has 2 aliphatic rings. The van der Waals surface area contributed by atoms with E-state index in [0.29, 0.717) is 13.1 Å². The van der Waals surface area contributed by atoms with E-state index in [4.69, 9.17) is 0 Å². The van der Waals surface area contributed by atoms with Crippen LogP contribution in [-0.2, 0) is 9.59 Å². The first-order chi connectivity index (χ1) is 11.6. The molecule has 0 aromatic heterocycles. The van der Waals surface area contributed by atoms with E-state index in [1.54, 1.807) is 4.90 Å². The normalized spacial score (nSPS) is 29.0. The van der Waals surface area contributed by atoms with Crippen LogP contribution >= 0.6 is 0 Å². The Bertz CT molecular complexity index is 810. The molecule has 4 nitrogen and oxygen atoms in total. The standard InChI is InChI=1S/C20H21NO3/c1-12-10-21(11-18(12)20(23)24)19(22)17-9-16(17)15-8-4-6-13-5-2-3-7-14(13)15/h2-8,12,16-18H,9-11H2,1H3,(H,23,24)/t12-,16?,17?,18-/m1/s1. The van der Waals surface area contributed by atoms with E-state index in [-0.39, 0.29) is 23.7 Å². The summed E-state index contributed by atoms with van der Waals surface area (Å²) in [6.45, 7) is 2.84. The lowest BCUT2D eigenvalue weighted by atomic mass is 9.99. The highest BCUT2D eigenvalue weighted by molar-refractivity contribution is 5.90. The molecule has 4 rings (SSSR count). The molecular formula is C20H21NO3. The zero-order valence-corrected chi connectivity index (χ0v) is 13.7. The Kier molecular flexibility index (Phi) is 3.56. The molecule has 2 unspecified atom stereocenters. The molecule has 24 heavy (non-hydrogen) atoms. The number of carbonyl (C=O) groups excluding carboxylic acids is 1. The van der Waals surface area contributed by atoms with Crippen LogP contribution in [0, 0.1) is 17.8 Å². The van der Waals surface area contributed by atoms with Gasteiger partial charge in [-0.2, -0.15) is 0 Å². The highest BCUT2D eigenvalue weighted by atomic mass is 16.4. The van der Waals surface area contributed by atoms with Crippen molar-refractivity contribution in [3.8, 4) is 0 Å². The van der Waals surface area contributed by atoms with Gasteiger partial charge in [0, 0.05) is 19.0 Å². The average Bonchev–Trinajstić information content (AvgIpc) is 3.28. The Balaban J connectivity index is 1.52. The van der Waals surface area contributed by atoms with Gasteiger partial charge in [-0.15, -0.1) is 0 Å². The van der Waals surface area contributed by atoms with Crippen LogP contribution in [0.2, 0.25) is 0 Å². The number of hydrogen-bond donors (Lipinski definition) is 1. The van der Waals surface area contributed by atoms with Gasteiger partial charge in [-0.1, -0.05) is 49.4 Å². The maximum Gasteiger partial charge on any atom is 0.308 e. The van der Waals surface area contributed by atoms with Crippen molar-refractivity contribution < 1.29 is 14.7 Å². The molecule has 0 bridgehead atoms. The summed E-state index contributed by atoms with van der Waals surface area (Å²) in [6.07, 6.45) is 0.870. The molecule has 1 saturated heterocycles. The van der Waals surface area contributed by atoms with Crippen LogP contribution in [0.4, 0.5) is 0 Å². The van der Waals surface area contributed by atoms with Gasteiger partial charge in [-0.25, -0.2) is 0 Å². The maximum atomic E-state index is 12.8. The van der Waals surface area contributed by atoms with Gasteiger partial charge in [0.2, 0.25) is 5.91 Å². The van der Waals surface area contributed by atoms with Gasteiger partial charge in [-0.05, 0) is 34.6 Å². The number of benzene rings is 2. The molecule has 0 radical (unpaired) electrons. The first kappa shape index (κ1) is 15.2. The number of amides is 1. The molecular weight excluding hydrogens is 302 g/mol. The van der Waals surface area contributed by atoms with Crippen LogP contribution in [0.5, 0.6) is 0 Å². The Hall–Kier alpha value is -2.36. The molecule has 124 valence electrons. The molecule has 2 fully saturated rings. The SMILES string of the molecule is C[C@@H]1CN(C(=O)C2CC2c2cccc3ccccc23)C[C@H]1C(=O)O. The average molecular weight is 323 g/mol. The Morgan fingerprint density at radius 1 is 1.04 bits per heavy atom. The zero-order chi connectivity index (χ0) is 16.8. The molecule has 2 aromatic carbocycles. The molecule has 4 heteroatoms. The molecule has 1 aliphatic carbocycles. The number of likely N-dealkylation sites (tertiary alicyclic amines) is 1. The number of rotatable bonds is 3. The van der Waals surface area contributed by atoms with E-state index in [1.807, 2.05) is 19.1 Å². The molecule has 0 spiro atoms. The van der Waals surface area contributed by atoms with Gasteiger partial charge in [0.15, 0.2) is 0 Å². The van der Waals surface area contributed by atoms with Gasteiger partial charge >= 0.3 is 5.97 Å². The number of nitrogens with zero attached hydrogens (tertiary/aromatic N) is 1. The molecule has 4 atom stereocenters. The van der Waals surface area contributed by atoms with Crippen LogP contribution in [0.15, 0.2) is 42.5 Å². The lowest BCUT2D eigenvalue weighted by Crippen LogP contribution is -2.31. The summed E-state index contributed by atoms with van der Waals surface area (Å²) in [5, 5.41) is 11.7. The fourth-order valence-corrected chi connectivity index (χ4v) is 4.09. The quantitative estimate of drug-likeness (QED) is 0.944. The summed E-state index contributed by atoms with van der Waals surface area (Å²) in [4.78, 5) is 25.8. The maximum absolute atomic E-state index is 12.8. The van der Waals surface area contributed by atoms with Crippen molar-refractivity contribution in [3.05, 3.63) is 48.0 Å². The fourth-order valence-electron chi connectivity index (χ4n) is 4.09. The summed E-state index contributed by atoms with van der Waals surface area (Å²) in [5.74, 6) is -0.786. The monoisotopic (exact) mass is 323 g/mol. The minimum atomic E-state index is -0.792. The van der Waals surface area contributed by atoms with Crippen LogP contribution < -0.4 is 0 Å². The zero-order valence-electron chi connectivity index (χ0n) is 13.7. The van der Waals surface area contributed by atoms with E-state index < -0.39 is 11.9 Å². The third-order valence-corrected chi connectivity index (χ3v) is 5.57. The van der Waals surface area contributed by atoms with Crippen molar-refractivity contribution in [2.75, 3.05) is 13.1 Å². The van der Waals surface area contributed by atoms with Crippen molar-refractivity contribution in [3.63, 3.8) is 0 Å². The van der Waals surface area contributed by atoms with E-state index in [1.165, 1.54) is 16.3 Å². The molecule has 1 heterocycles. The lowest BCUT2D eigenvalue weighted by Gasteiger charge is -2.16. The number of fused-ring (bicyclic) bond motifs is 1. The first-order valence-electron chi connectivity index (χ1n) is 8.55. The van der Waals surface area contributed by atoms with E-state index in [0.717, 1.165) is 6.42 Å². The Morgan fingerprint density at radius 2 is 1.79 bits per heavy atom. The highest BCUT2D eigenvalue weighted by Crippen LogP contribution is 2.50. The van der Waals surface area contributed by atoms with E-state index >= 15 is 0 Å². The van der Waals surface area contributed by atoms with Gasteiger partial charge in [0.05, 0.1) is 5.92 Å². The van der Waals surface area contributed by atoms with Gasteiger partial charge in [0.25, 0.3) is 0 Å². The number of carbonyl (C=O) groups is 2. The fraction of sp³-hybridized carbons (Fsp3) is 0.400. The summed E-state index contributed by atoms with van der Waals surface area (Å²) in [7, 11) is 0. The molecule has 1 aliphatic heterocycles. The van der Waals surface area contributed by atoms with Crippen molar-refractivity contribution in [1.29, 1.82) is 0 Å². The topological polar surface area (TPSA) is 57.6 Å². The van der Waals surface area contributed by atoms with Crippen LogP contribution in [0.3, 0.4) is 0 Å². The van der Waals surface area contributed by atoms with E-state index in [2.05, 4.69) is 30.3 Å². The molecule has 1 saturated carbocycles. The predicted molar refractivity (Wildman–Crippen MR) is 91.7 cm³/mol. The second-order valence-electron chi connectivity index (χ2n) is 7.18. The molecule has 2 aromatic rings. The summed E-state index contributed by atoms with van der Waals surface area (Å²) >= 11 is 0. The minimum absolute atomic E-state index is 0.00977. The van der Waals surface area contributed by atoms with Crippen molar-refractivity contribution in [2.45, 2.75) is 19.3 Å². The van der Waals surface area contributed by atoms with E-state index in [9.17, 15) is 14.7 Å². The van der Waals surface area contributed by atoms with Crippen molar-refractivity contribution in [2.24, 2.45) is 17.8 Å². The number of carboxylic acids is 1. The van der Waals surface area contributed by atoms with Gasteiger partial charge in [0.1, 0.15) is 0 Å². The summed E-state index contributed by atoms with van der Waals surface area (Å²) in [5.41, 5.74) is 1.24. The first-order valence-corrected chi connectivity index (χ1v) is 8.55. The summed E-state index contributed by atoms with van der Waals surface area (Å²) in [6, 6.07) is 14.5. The van der Waals surface area contributed by atoms with Crippen LogP contribution in [-0.4, -0.2) is 35.0 Å². The van der Waals surface area contributed by atoms with Crippen molar-refractivity contribution in [1.82, 2.24) is 4.90 Å². The minimum Gasteiger partial charge on any atom is -0.481 e. The second kappa shape index (κ2) is 5.62. The predicted octanol–water partition coefficient (Wildman–Crippen LogP) is 3.12. The molecule has 1 amide bonds.